The molecule has 3 aliphatic heterocycles. The Morgan fingerprint density at radius 1 is 1.36 bits per heavy atom. The lowest BCUT2D eigenvalue weighted by atomic mass is 9.83. The number of rotatable bonds is 3. The van der Waals surface area contributed by atoms with Gasteiger partial charge in [-0.2, -0.15) is 0 Å². The second-order valence-corrected chi connectivity index (χ2v) is 8.08. The quantitative estimate of drug-likeness (QED) is 0.877. The highest BCUT2D eigenvalue weighted by Crippen LogP contribution is 2.42. The first-order valence-electron chi connectivity index (χ1n) is 9.93. The number of aromatic amines is 1. The number of piperazine rings is 1. The second kappa shape index (κ2) is 6.24. The van der Waals surface area contributed by atoms with Gasteiger partial charge in [-0.15, -0.1) is 0 Å². The minimum atomic E-state index is -1.01. The number of H-pyrrole nitrogens is 1. The number of nitrogens with one attached hydrogen (secondary N) is 1. The standard InChI is InChI=1S/C21H25N3O4/c1-21-19-15(16-10-13(27-2)5-6-17(16)22-19)7-8-24(21)18(25)12-23(20(21)26)11-14-4-3-9-28-14/h5-6,10,14,22H,3-4,7-9,11-12H2,1-2H3/t14-,21+/m1/s1. The van der Waals surface area contributed by atoms with E-state index >= 15 is 0 Å². The van der Waals surface area contributed by atoms with Gasteiger partial charge in [0.25, 0.3) is 5.91 Å². The van der Waals surface area contributed by atoms with Crippen molar-refractivity contribution in [3.8, 4) is 5.75 Å². The lowest BCUT2D eigenvalue weighted by molar-refractivity contribution is -0.167. The zero-order valence-electron chi connectivity index (χ0n) is 16.3. The van der Waals surface area contributed by atoms with Crippen LogP contribution in [0.15, 0.2) is 18.2 Å². The van der Waals surface area contributed by atoms with Crippen molar-refractivity contribution in [2.45, 2.75) is 37.8 Å². The molecule has 1 N–H and O–H groups in total. The molecule has 2 amide bonds. The van der Waals surface area contributed by atoms with E-state index in [-0.39, 0.29) is 24.5 Å². The number of fused-ring (bicyclic) bond motifs is 5. The first-order valence-corrected chi connectivity index (χ1v) is 9.93. The van der Waals surface area contributed by atoms with Crippen LogP contribution in [0.5, 0.6) is 5.75 Å². The van der Waals surface area contributed by atoms with E-state index in [0.717, 1.165) is 53.8 Å². The third-order valence-corrected chi connectivity index (χ3v) is 6.50. The average molecular weight is 383 g/mol. The Bertz CT molecular complexity index is 962. The van der Waals surface area contributed by atoms with E-state index in [4.69, 9.17) is 9.47 Å². The summed E-state index contributed by atoms with van der Waals surface area (Å²) < 4.78 is 11.1. The minimum absolute atomic E-state index is 0.00184. The largest absolute Gasteiger partial charge is 0.497 e. The van der Waals surface area contributed by atoms with Gasteiger partial charge < -0.3 is 24.3 Å². The molecule has 2 fully saturated rings. The molecule has 3 aliphatic rings. The Hall–Kier alpha value is -2.54. The lowest BCUT2D eigenvalue weighted by Gasteiger charge is -2.49. The molecule has 148 valence electrons. The van der Waals surface area contributed by atoms with Gasteiger partial charge in [0.05, 0.1) is 25.5 Å². The zero-order valence-corrected chi connectivity index (χ0v) is 16.3. The highest BCUT2D eigenvalue weighted by atomic mass is 16.5. The van der Waals surface area contributed by atoms with Crippen LogP contribution >= 0.6 is 0 Å². The molecular weight excluding hydrogens is 358 g/mol. The van der Waals surface area contributed by atoms with Crippen LogP contribution < -0.4 is 4.74 Å². The number of carbonyl (C=O) groups is 2. The summed E-state index contributed by atoms with van der Waals surface area (Å²) in [5, 5.41) is 1.06. The summed E-state index contributed by atoms with van der Waals surface area (Å²) >= 11 is 0. The van der Waals surface area contributed by atoms with Crippen molar-refractivity contribution in [1.29, 1.82) is 0 Å². The predicted octanol–water partition coefficient (Wildman–Crippen LogP) is 1.80. The first-order chi connectivity index (χ1) is 13.5. The molecule has 2 aromatic rings. The topological polar surface area (TPSA) is 74.9 Å². The van der Waals surface area contributed by atoms with Gasteiger partial charge in [0.15, 0.2) is 5.54 Å². The molecule has 5 rings (SSSR count). The molecule has 0 bridgehead atoms. The van der Waals surface area contributed by atoms with Crippen LogP contribution in [-0.2, 0) is 26.3 Å². The maximum absolute atomic E-state index is 13.6. The molecule has 28 heavy (non-hydrogen) atoms. The van der Waals surface area contributed by atoms with Crippen molar-refractivity contribution < 1.29 is 19.1 Å². The molecule has 1 aromatic heterocycles. The molecule has 2 atom stereocenters. The monoisotopic (exact) mass is 383 g/mol. The first kappa shape index (κ1) is 17.6. The number of carbonyl (C=O) groups excluding carboxylic acids is 2. The van der Waals surface area contributed by atoms with Crippen LogP contribution in [0.3, 0.4) is 0 Å². The highest BCUT2D eigenvalue weighted by Gasteiger charge is 2.54. The SMILES string of the molecule is COc1ccc2[nH]c3c(c2c1)CCN1C(=O)CN(C[C@H]2CCCO2)C(=O)[C@]31C. The summed E-state index contributed by atoms with van der Waals surface area (Å²) in [7, 11) is 1.65. The van der Waals surface area contributed by atoms with Crippen LogP contribution in [0, 0.1) is 0 Å². The minimum Gasteiger partial charge on any atom is -0.497 e. The van der Waals surface area contributed by atoms with Gasteiger partial charge in [0.1, 0.15) is 5.75 Å². The molecule has 0 saturated carbocycles. The zero-order chi connectivity index (χ0) is 19.5. The fraction of sp³-hybridized carbons (Fsp3) is 0.524. The maximum Gasteiger partial charge on any atom is 0.255 e. The van der Waals surface area contributed by atoms with Gasteiger partial charge in [0.2, 0.25) is 5.91 Å². The van der Waals surface area contributed by atoms with E-state index in [2.05, 4.69) is 4.98 Å². The van der Waals surface area contributed by atoms with Crippen LogP contribution in [0.2, 0.25) is 0 Å². The summed E-state index contributed by atoms with van der Waals surface area (Å²) in [6.45, 7) is 3.78. The number of benzene rings is 1. The molecular formula is C21H25N3O4. The van der Waals surface area contributed by atoms with Crippen molar-refractivity contribution in [3.63, 3.8) is 0 Å². The molecule has 2 saturated heterocycles. The maximum atomic E-state index is 13.6. The molecule has 0 radical (unpaired) electrons. The van der Waals surface area contributed by atoms with Crippen molar-refractivity contribution in [2.75, 3.05) is 33.4 Å². The summed E-state index contributed by atoms with van der Waals surface area (Å²) in [5.41, 5.74) is 1.89. The van der Waals surface area contributed by atoms with E-state index in [1.54, 1.807) is 16.9 Å². The fourth-order valence-corrected chi connectivity index (χ4v) is 5.02. The predicted molar refractivity (Wildman–Crippen MR) is 103 cm³/mol. The Kier molecular flexibility index (Phi) is 3.91. The number of hydrogen-bond acceptors (Lipinski definition) is 4. The van der Waals surface area contributed by atoms with E-state index in [9.17, 15) is 9.59 Å². The average Bonchev–Trinajstić information content (AvgIpc) is 3.33. The second-order valence-electron chi connectivity index (χ2n) is 8.08. The van der Waals surface area contributed by atoms with E-state index < -0.39 is 5.54 Å². The number of aromatic nitrogens is 1. The third kappa shape index (κ3) is 2.38. The van der Waals surface area contributed by atoms with Crippen LogP contribution in [0.1, 0.15) is 31.0 Å². The van der Waals surface area contributed by atoms with Crippen molar-refractivity contribution in [2.24, 2.45) is 0 Å². The third-order valence-electron chi connectivity index (χ3n) is 6.50. The Morgan fingerprint density at radius 2 is 2.21 bits per heavy atom. The molecule has 4 heterocycles. The van der Waals surface area contributed by atoms with Crippen molar-refractivity contribution in [3.05, 3.63) is 29.5 Å². The number of ether oxygens (including phenoxy) is 2. The van der Waals surface area contributed by atoms with E-state index in [1.807, 2.05) is 25.1 Å². The number of amides is 2. The number of hydrogen-bond donors (Lipinski definition) is 1. The van der Waals surface area contributed by atoms with E-state index in [1.165, 1.54) is 0 Å². The molecule has 1 aromatic carbocycles. The summed E-state index contributed by atoms with van der Waals surface area (Å²) in [6, 6.07) is 5.88. The normalized spacial score (nSPS) is 27.3. The van der Waals surface area contributed by atoms with Gasteiger partial charge in [-0.25, -0.2) is 0 Å². The molecule has 7 nitrogen and oxygen atoms in total. The molecule has 0 aliphatic carbocycles. The Balaban J connectivity index is 1.58. The molecule has 7 heteroatoms. The van der Waals surface area contributed by atoms with Gasteiger partial charge in [-0.1, -0.05) is 0 Å². The summed E-state index contributed by atoms with van der Waals surface area (Å²) in [6.07, 6.45) is 2.71. The van der Waals surface area contributed by atoms with Crippen LogP contribution in [0.4, 0.5) is 0 Å². The van der Waals surface area contributed by atoms with Crippen molar-refractivity contribution in [1.82, 2.24) is 14.8 Å². The Labute approximate surface area is 163 Å². The fourth-order valence-electron chi connectivity index (χ4n) is 5.02. The van der Waals surface area contributed by atoms with Gasteiger partial charge in [-0.3, -0.25) is 9.59 Å². The van der Waals surface area contributed by atoms with Crippen LogP contribution in [-0.4, -0.2) is 66.1 Å². The smallest absolute Gasteiger partial charge is 0.255 e. The molecule has 0 unspecified atom stereocenters. The summed E-state index contributed by atoms with van der Waals surface area (Å²) in [5.74, 6) is 0.761. The van der Waals surface area contributed by atoms with E-state index in [0.29, 0.717) is 13.1 Å². The Morgan fingerprint density at radius 3 is 2.96 bits per heavy atom. The summed E-state index contributed by atoms with van der Waals surface area (Å²) in [4.78, 5) is 33.4. The van der Waals surface area contributed by atoms with Gasteiger partial charge >= 0.3 is 0 Å². The number of nitrogens with zero attached hydrogens (tertiary/aromatic N) is 2. The highest BCUT2D eigenvalue weighted by molar-refractivity contribution is 6.00. The molecule has 0 spiro atoms. The van der Waals surface area contributed by atoms with Gasteiger partial charge in [0, 0.05) is 30.6 Å². The van der Waals surface area contributed by atoms with Crippen LogP contribution in [0.25, 0.3) is 10.9 Å². The number of methoxy groups -OCH3 is 1. The van der Waals surface area contributed by atoms with Gasteiger partial charge in [-0.05, 0) is 49.9 Å². The van der Waals surface area contributed by atoms with Crippen molar-refractivity contribution >= 4 is 22.7 Å². The lowest BCUT2D eigenvalue weighted by Crippen LogP contribution is -2.67.